The molecule has 0 atom stereocenters. The predicted octanol–water partition coefficient (Wildman–Crippen LogP) is 4.05. The fourth-order valence-electron chi connectivity index (χ4n) is 2.48. The zero-order valence-corrected chi connectivity index (χ0v) is 14.0. The summed E-state index contributed by atoms with van der Waals surface area (Å²) >= 11 is 0. The van der Waals surface area contributed by atoms with E-state index in [1.807, 2.05) is 43.3 Å². The molecule has 3 rings (SSSR count). The van der Waals surface area contributed by atoms with E-state index in [9.17, 15) is 0 Å². The van der Waals surface area contributed by atoms with E-state index in [2.05, 4.69) is 38.8 Å². The monoisotopic (exact) mass is 329 g/mol. The van der Waals surface area contributed by atoms with Crippen LogP contribution < -0.4 is 10.6 Å². The van der Waals surface area contributed by atoms with E-state index in [1.54, 1.807) is 12.1 Å². The Hall–Kier alpha value is -3.39. The second-order valence-corrected chi connectivity index (χ2v) is 5.66. The largest absolute Gasteiger partial charge is 0.370 e. The van der Waals surface area contributed by atoms with Gasteiger partial charge in [0.15, 0.2) is 0 Å². The summed E-state index contributed by atoms with van der Waals surface area (Å²) in [4.78, 5) is 8.84. The van der Waals surface area contributed by atoms with E-state index < -0.39 is 0 Å². The van der Waals surface area contributed by atoms with Crippen LogP contribution in [0.25, 0.3) is 0 Å². The first-order valence-corrected chi connectivity index (χ1v) is 8.13. The Labute approximate surface area is 147 Å². The average Bonchev–Trinajstić information content (AvgIpc) is 2.63. The number of anilines is 3. The molecule has 0 saturated carbocycles. The molecule has 0 fully saturated rings. The quantitative estimate of drug-likeness (QED) is 0.713. The molecule has 0 radical (unpaired) electrons. The molecule has 124 valence electrons. The molecule has 0 aliphatic rings. The first-order chi connectivity index (χ1) is 12.2. The molecule has 0 spiro atoms. The number of rotatable bonds is 6. The lowest BCUT2D eigenvalue weighted by atomic mass is 10.1. The Morgan fingerprint density at radius 3 is 2.40 bits per heavy atom. The Morgan fingerprint density at radius 2 is 1.68 bits per heavy atom. The topological polar surface area (TPSA) is 73.6 Å². The molecular weight excluding hydrogens is 310 g/mol. The van der Waals surface area contributed by atoms with Gasteiger partial charge in [0.2, 0.25) is 0 Å². The number of nitrogens with one attached hydrogen (secondary N) is 2. The molecule has 2 N–H and O–H groups in total. The highest BCUT2D eigenvalue weighted by Gasteiger charge is 2.03. The normalized spacial score (nSPS) is 10.1. The molecule has 3 aromatic rings. The first kappa shape index (κ1) is 16.5. The maximum Gasteiger partial charge on any atom is 0.136 e. The third-order valence-corrected chi connectivity index (χ3v) is 3.69. The summed E-state index contributed by atoms with van der Waals surface area (Å²) in [5.74, 6) is 2.21. The highest BCUT2D eigenvalue weighted by molar-refractivity contribution is 5.60. The summed E-state index contributed by atoms with van der Waals surface area (Å²) < 4.78 is 0. The van der Waals surface area contributed by atoms with Crippen molar-refractivity contribution in [2.24, 2.45) is 0 Å². The molecule has 0 aliphatic heterocycles. The Bertz CT molecular complexity index is 867. The number of nitriles is 1. The SMILES string of the molecule is Cc1nc(NCCc2ccccc2)cc(Nc2ccc(C#N)cc2)n1. The van der Waals surface area contributed by atoms with Crippen LogP contribution in [-0.4, -0.2) is 16.5 Å². The van der Waals surface area contributed by atoms with Crippen LogP contribution in [-0.2, 0) is 6.42 Å². The van der Waals surface area contributed by atoms with Crippen LogP contribution >= 0.6 is 0 Å². The minimum atomic E-state index is 0.632. The van der Waals surface area contributed by atoms with Gasteiger partial charge in [-0.15, -0.1) is 0 Å². The summed E-state index contributed by atoms with van der Waals surface area (Å²) in [5, 5.41) is 15.4. The third-order valence-electron chi connectivity index (χ3n) is 3.69. The Balaban J connectivity index is 1.64. The molecular formula is C20H19N5. The first-order valence-electron chi connectivity index (χ1n) is 8.13. The van der Waals surface area contributed by atoms with Crippen molar-refractivity contribution in [3.63, 3.8) is 0 Å². The van der Waals surface area contributed by atoms with Crippen molar-refractivity contribution in [3.05, 3.63) is 77.6 Å². The number of hydrogen-bond acceptors (Lipinski definition) is 5. The van der Waals surface area contributed by atoms with Gasteiger partial charge in [-0.3, -0.25) is 0 Å². The summed E-state index contributed by atoms with van der Waals surface area (Å²) in [5.41, 5.74) is 2.80. The highest BCUT2D eigenvalue weighted by atomic mass is 15.1. The van der Waals surface area contributed by atoms with Crippen LogP contribution in [0.15, 0.2) is 60.7 Å². The van der Waals surface area contributed by atoms with Crippen molar-refractivity contribution in [1.29, 1.82) is 5.26 Å². The molecule has 25 heavy (non-hydrogen) atoms. The van der Waals surface area contributed by atoms with E-state index in [1.165, 1.54) is 5.56 Å². The molecule has 0 amide bonds. The van der Waals surface area contributed by atoms with Gasteiger partial charge in [0.25, 0.3) is 0 Å². The van der Waals surface area contributed by atoms with Gasteiger partial charge in [-0.2, -0.15) is 5.26 Å². The van der Waals surface area contributed by atoms with E-state index in [4.69, 9.17) is 5.26 Å². The van der Waals surface area contributed by atoms with Gasteiger partial charge in [-0.25, -0.2) is 9.97 Å². The van der Waals surface area contributed by atoms with Crippen LogP contribution in [0.5, 0.6) is 0 Å². The standard InChI is InChI=1S/C20H19N5/c1-15-23-19(22-12-11-16-5-3-2-4-6-16)13-20(24-15)25-18-9-7-17(14-21)8-10-18/h2-10,13H,11-12H2,1H3,(H2,22,23,24,25). The molecule has 0 unspecified atom stereocenters. The van der Waals surface area contributed by atoms with Crippen molar-refractivity contribution >= 4 is 17.3 Å². The van der Waals surface area contributed by atoms with Crippen molar-refractivity contribution in [2.75, 3.05) is 17.2 Å². The van der Waals surface area contributed by atoms with E-state index in [0.717, 1.165) is 30.3 Å². The second kappa shape index (κ2) is 7.93. The lowest BCUT2D eigenvalue weighted by Crippen LogP contribution is -2.08. The van der Waals surface area contributed by atoms with Crippen LogP contribution in [0, 0.1) is 18.3 Å². The molecule has 5 heteroatoms. The van der Waals surface area contributed by atoms with Crippen LogP contribution in [0.3, 0.4) is 0 Å². The number of aryl methyl sites for hydroxylation is 1. The number of benzene rings is 2. The molecule has 1 aromatic heterocycles. The van der Waals surface area contributed by atoms with Crippen LogP contribution in [0.2, 0.25) is 0 Å². The van der Waals surface area contributed by atoms with Gasteiger partial charge in [0.05, 0.1) is 11.6 Å². The van der Waals surface area contributed by atoms with Crippen LogP contribution in [0.4, 0.5) is 17.3 Å². The molecule has 0 aliphatic carbocycles. The molecule has 1 heterocycles. The van der Waals surface area contributed by atoms with Gasteiger partial charge in [-0.05, 0) is 43.2 Å². The fraction of sp³-hybridized carbons (Fsp3) is 0.150. The maximum atomic E-state index is 8.86. The van der Waals surface area contributed by atoms with Gasteiger partial charge < -0.3 is 10.6 Å². The van der Waals surface area contributed by atoms with Crippen molar-refractivity contribution < 1.29 is 0 Å². The molecule has 0 bridgehead atoms. The lowest BCUT2D eigenvalue weighted by Gasteiger charge is -2.10. The lowest BCUT2D eigenvalue weighted by molar-refractivity contribution is 0.983. The van der Waals surface area contributed by atoms with Crippen molar-refractivity contribution in [3.8, 4) is 6.07 Å². The third kappa shape index (κ3) is 4.79. The highest BCUT2D eigenvalue weighted by Crippen LogP contribution is 2.18. The summed E-state index contributed by atoms with van der Waals surface area (Å²) in [6.45, 7) is 2.67. The molecule has 0 saturated heterocycles. The number of hydrogen-bond donors (Lipinski definition) is 2. The minimum absolute atomic E-state index is 0.632. The second-order valence-electron chi connectivity index (χ2n) is 5.66. The summed E-state index contributed by atoms with van der Waals surface area (Å²) in [6, 6.07) is 21.6. The smallest absolute Gasteiger partial charge is 0.136 e. The Morgan fingerprint density at radius 1 is 0.960 bits per heavy atom. The van der Waals surface area contributed by atoms with Crippen molar-refractivity contribution in [1.82, 2.24) is 9.97 Å². The summed E-state index contributed by atoms with van der Waals surface area (Å²) in [7, 11) is 0. The zero-order chi connectivity index (χ0) is 17.5. The predicted molar refractivity (Wildman–Crippen MR) is 99.8 cm³/mol. The molecule has 5 nitrogen and oxygen atoms in total. The van der Waals surface area contributed by atoms with Gasteiger partial charge in [0.1, 0.15) is 17.5 Å². The maximum absolute atomic E-state index is 8.86. The van der Waals surface area contributed by atoms with E-state index in [0.29, 0.717) is 11.4 Å². The number of nitrogens with zero attached hydrogens (tertiary/aromatic N) is 3. The van der Waals surface area contributed by atoms with Gasteiger partial charge in [0, 0.05) is 18.3 Å². The Kier molecular flexibility index (Phi) is 5.22. The van der Waals surface area contributed by atoms with Crippen LogP contribution in [0.1, 0.15) is 17.0 Å². The van der Waals surface area contributed by atoms with E-state index >= 15 is 0 Å². The van der Waals surface area contributed by atoms with E-state index in [-0.39, 0.29) is 0 Å². The average molecular weight is 329 g/mol. The zero-order valence-electron chi connectivity index (χ0n) is 14.0. The van der Waals surface area contributed by atoms with Gasteiger partial charge >= 0.3 is 0 Å². The summed E-state index contributed by atoms with van der Waals surface area (Å²) in [6.07, 6.45) is 0.933. The number of aromatic nitrogens is 2. The minimum Gasteiger partial charge on any atom is -0.370 e. The van der Waals surface area contributed by atoms with Crippen molar-refractivity contribution in [2.45, 2.75) is 13.3 Å². The molecule has 2 aromatic carbocycles. The van der Waals surface area contributed by atoms with Gasteiger partial charge in [-0.1, -0.05) is 30.3 Å². The fourth-order valence-corrected chi connectivity index (χ4v) is 2.48.